The molecule has 2 aromatic rings. The van der Waals surface area contributed by atoms with E-state index in [0.717, 1.165) is 29.7 Å². The van der Waals surface area contributed by atoms with Crippen LogP contribution in [-0.2, 0) is 14.3 Å². The highest BCUT2D eigenvalue weighted by Crippen LogP contribution is 2.40. The van der Waals surface area contributed by atoms with Crippen LogP contribution in [0.4, 0.5) is 0 Å². The molecular weight excluding hydrogens is 446 g/mol. The zero-order valence-corrected chi connectivity index (χ0v) is 21.0. The number of hydrogen-bond donors (Lipinski definition) is 1. The lowest BCUT2D eigenvalue weighted by atomic mass is 9.94. The number of ketones is 1. The fourth-order valence-electron chi connectivity index (χ4n) is 4.13. The first-order chi connectivity index (χ1) is 16.9. The molecule has 2 aromatic carbocycles. The summed E-state index contributed by atoms with van der Waals surface area (Å²) in [5.41, 5.74) is 2.11. The maximum absolute atomic E-state index is 13.2. The van der Waals surface area contributed by atoms with Crippen LogP contribution in [0.5, 0.6) is 11.5 Å². The van der Waals surface area contributed by atoms with Gasteiger partial charge in [0.15, 0.2) is 0 Å². The number of hydrogen-bond acceptors (Lipinski definition) is 6. The maximum Gasteiger partial charge on any atom is 0.295 e. The van der Waals surface area contributed by atoms with Crippen molar-refractivity contribution in [2.75, 3.05) is 33.5 Å². The zero-order valence-electron chi connectivity index (χ0n) is 21.0. The maximum atomic E-state index is 13.2. The van der Waals surface area contributed by atoms with Crippen molar-refractivity contribution < 1.29 is 28.9 Å². The molecule has 1 unspecified atom stereocenters. The van der Waals surface area contributed by atoms with Crippen LogP contribution in [0.25, 0.3) is 5.76 Å². The number of ether oxygens (including phenoxy) is 3. The Kier molecular flexibility index (Phi) is 9.32. The number of Topliss-reactive ketones (excluding diaryl/α,β-unsaturated/α-hetero) is 1. The Hall–Kier alpha value is -3.32. The third-order valence-electron chi connectivity index (χ3n) is 5.87. The number of carbonyl (C=O) groups excluding carboxylic acids is 2. The van der Waals surface area contributed by atoms with E-state index in [2.05, 4.69) is 0 Å². The average Bonchev–Trinajstić information content (AvgIpc) is 3.11. The molecule has 0 aromatic heterocycles. The predicted molar refractivity (Wildman–Crippen MR) is 135 cm³/mol. The van der Waals surface area contributed by atoms with Gasteiger partial charge in [0.1, 0.15) is 17.3 Å². The summed E-state index contributed by atoms with van der Waals surface area (Å²) in [6, 6.07) is 11.9. The summed E-state index contributed by atoms with van der Waals surface area (Å²) in [4.78, 5) is 27.7. The Bertz CT molecular complexity index is 1060. The summed E-state index contributed by atoms with van der Waals surface area (Å²) >= 11 is 0. The topological polar surface area (TPSA) is 85.3 Å². The van der Waals surface area contributed by atoms with Crippen LogP contribution in [0.1, 0.15) is 55.8 Å². The zero-order chi connectivity index (χ0) is 25.4. The number of aliphatic hydroxyl groups is 1. The molecule has 0 spiro atoms. The molecule has 0 aliphatic carbocycles. The smallest absolute Gasteiger partial charge is 0.295 e. The molecule has 35 heavy (non-hydrogen) atoms. The van der Waals surface area contributed by atoms with Crippen molar-refractivity contribution in [1.82, 2.24) is 4.90 Å². The number of carbonyl (C=O) groups is 2. The summed E-state index contributed by atoms with van der Waals surface area (Å²) in [5.74, 6) is -0.0781. The molecule has 1 aliphatic rings. The van der Waals surface area contributed by atoms with Gasteiger partial charge in [0, 0.05) is 25.8 Å². The SMILES string of the molecule is CCCOc1ccc(C2/C(=C(\O)c3ccc(OCCC)c(C)c3)C(=O)C(=O)N2CCCOC)cc1. The number of likely N-dealkylation sites (tertiary alicyclic amines) is 1. The van der Waals surface area contributed by atoms with E-state index in [1.807, 2.05) is 45.0 Å². The molecule has 1 fully saturated rings. The number of aliphatic hydroxyl groups excluding tert-OH is 1. The van der Waals surface area contributed by atoms with Crippen LogP contribution in [0.2, 0.25) is 0 Å². The van der Waals surface area contributed by atoms with Crippen molar-refractivity contribution in [2.45, 2.75) is 46.1 Å². The second-order valence-corrected chi connectivity index (χ2v) is 8.59. The van der Waals surface area contributed by atoms with E-state index in [9.17, 15) is 14.7 Å². The summed E-state index contributed by atoms with van der Waals surface area (Å²) < 4.78 is 16.6. The lowest BCUT2D eigenvalue weighted by Crippen LogP contribution is -2.31. The molecule has 1 saturated heterocycles. The van der Waals surface area contributed by atoms with Crippen LogP contribution >= 0.6 is 0 Å². The lowest BCUT2D eigenvalue weighted by molar-refractivity contribution is -0.140. The molecule has 1 N–H and O–H groups in total. The monoisotopic (exact) mass is 481 g/mol. The van der Waals surface area contributed by atoms with Gasteiger partial charge in [-0.15, -0.1) is 0 Å². The average molecular weight is 482 g/mol. The van der Waals surface area contributed by atoms with Gasteiger partial charge in [0.2, 0.25) is 0 Å². The van der Waals surface area contributed by atoms with Gasteiger partial charge in [-0.3, -0.25) is 9.59 Å². The van der Waals surface area contributed by atoms with E-state index in [-0.39, 0.29) is 11.3 Å². The molecule has 0 saturated carbocycles. The third-order valence-corrected chi connectivity index (χ3v) is 5.87. The second-order valence-electron chi connectivity index (χ2n) is 8.59. The molecule has 1 heterocycles. The first-order valence-electron chi connectivity index (χ1n) is 12.2. The van der Waals surface area contributed by atoms with Crippen LogP contribution in [0, 0.1) is 6.92 Å². The summed E-state index contributed by atoms with van der Waals surface area (Å²) in [6.07, 6.45) is 2.35. The molecule has 1 aliphatic heterocycles. The lowest BCUT2D eigenvalue weighted by Gasteiger charge is -2.25. The Morgan fingerprint density at radius 2 is 1.66 bits per heavy atom. The fourth-order valence-corrected chi connectivity index (χ4v) is 4.13. The van der Waals surface area contributed by atoms with Crippen LogP contribution < -0.4 is 9.47 Å². The van der Waals surface area contributed by atoms with Crippen LogP contribution in [0.3, 0.4) is 0 Å². The number of rotatable bonds is 12. The van der Waals surface area contributed by atoms with Crippen LogP contribution in [-0.4, -0.2) is 55.2 Å². The Morgan fingerprint density at radius 1 is 0.971 bits per heavy atom. The molecule has 1 amide bonds. The Morgan fingerprint density at radius 3 is 2.29 bits per heavy atom. The fraction of sp³-hybridized carbons (Fsp3) is 0.429. The molecule has 0 bridgehead atoms. The van der Waals surface area contributed by atoms with Crippen molar-refractivity contribution >= 4 is 17.4 Å². The third kappa shape index (κ3) is 6.03. The van der Waals surface area contributed by atoms with Crippen LogP contribution in [0.15, 0.2) is 48.0 Å². The van der Waals surface area contributed by atoms with E-state index in [0.29, 0.717) is 44.1 Å². The summed E-state index contributed by atoms with van der Waals surface area (Å²) in [7, 11) is 1.59. The summed E-state index contributed by atoms with van der Waals surface area (Å²) in [5, 5.41) is 11.3. The van der Waals surface area contributed by atoms with Gasteiger partial charge in [-0.1, -0.05) is 26.0 Å². The minimum absolute atomic E-state index is 0.0799. The van der Waals surface area contributed by atoms with E-state index in [1.54, 1.807) is 25.3 Å². The number of aryl methyl sites for hydroxylation is 1. The quantitative estimate of drug-likeness (QED) is 0.198. The highest BCUT2D eigenvalue weighted by Gasteiger charge is 2.45. The normalized spacial score (nSPS) is 17.1. The van der Waals surface area contributed by atoms with E-state index in [4.69, 9.17) is 14.2 Å². The van der Waals surface area contributed by atoms with E-state index < -0.39 is 17.7 Å². The van der Waals surface area contributed by atoms with Crippen molar-refractivity contribution in [3.63, 3.8) is 0 Å². The molecule has 3 rings (SSSR count). The highest BCUT2D eigenvalue weighted by molar-refractivity contribution is 6.46. The largest absolute Gasteiger partial charge is 0.507 e. The highest BCUT2D eigenvalue weighted by atomic mass is 16.5. The van der Waals surface area contributed by atoms with E-state index in [1.165, 1.54) is 4.90 Å². The van der Waals surface area contributed by atoms with Crippen molar-refractivity contribution in [2.24, 2.45) is 0 Å². The number of benzene rings is 2. The van der Waals surface area contributed by atoms with Crippen molar-refractivity contribution in [3.8, 4) is 11.5 Å². The van der Waals surface area contributed by atoms with Gasteiger partial charge in [-0.2, -0.15) is 0 Å². The van der Waals surface area contributed by atoms with E-state index >= 15 is 0 Å². The number of methoxy groups -OCH3 is 1. The predicted octanol–water partition coefficient (Wildman–Crippen LogP) is 5.03. The molecular formula is C28H35NO6. The minimum atomic E-state index is -0.705. The first-order valence-corrected chi connectivity index (χ1v) is 12.2. The first kappa shape index (κ1) is 26.3. The second kappa shape index (κ2) is 12.4. The van der Waals surface area contributed by atoms with Gasteiger partial charge in [-0.05, 0) is 67.6 Å². The van der Waals surface area contributed by atoms with Gasteiger partial charge in [-0.25, -0.2) is 0 Å². The number of amides is 1. The number of nitrogens with zero attached hydrogens (tertiary/aromatic N) is 1. The van der Waals surface area contributed by atoms with Gasteiger partial charge < -0.3 is 24.2 Å². The minimum Gasteiger partial charge on any atom is -0.507 e. The van der Waals surface area contributed by atoms with Gasteiger partial charge in [0.05, 0.1) is 24.8 Å². The van der Waals surface area contributed by atoms with Crippen molar-refractivity contribution in [1.29, 1.82) is 0 Å². The van der Waals surface area contributed by atoms with Gasteiger partial charge >= 0.3 is 0 Å². The Balaban J connectivity index is 2.03. The molecule has 188 valence electrons. The summed E-state index contributed by atoms with van der Waals surface area (Å²) in [6.45, 7) is 7.94. The standard InChI is InChI=1S/C28H35NO6/c1-5-15-34-22-11-8-20(9-12-22)25-24(27(31)28(32)29(25)14-7-17-33-4)26(30)21-10-13-23(19(3)18-21)35-16-6-2/h8-13,18,25,30H,5-7,14-17H2,1-4H3/b26-24+. The van der Waals surface area contributed by atoms with Crippen molar-refractivity contribution in [3.05, 3.63) is 64.7 Å². The molecule has 7 heteroatoms. The van der Waals surface area contributed by atoms with Gasteiger partial charge in [0.25, 0.3) is 11.7 Å². The molecule has 7 nitrogen and oxygen atoms in total. The Labute approximate surface area is 207 Å². The molecule has 1 atom stereocenters. The molecule has 0 radical (unpaired) electrons.